The Bertz CT molecular complexity index is 913. The van der Waals surface area contributed by atoms with Crippen LogP contribution in [0, 0.1) is 13.8 Å². The van der Waals surface area contributed by atoms with Gasteiger partial charge in [-0.25, -0.2) is 0 Å². The Morgan fingerprint density at radius 3 is 2.07 bits per heavy atom. The minimum atomic E-state index is -0.380. The van der Waals surface area contributed by atoms with E-state index in [9.17, 15) is 4.79 Å². The first-order valence-electron chi connectivity index (χ1n) is 9.99. The van der Waals surface area contributed by atoms with Crippen molar-refractivity contribution >= 4 is 5.91 Å². The van der Waals surface area contributed by atoms with E-state index in [0.717, 1.165) is 35.1 Å². The van der Waals surface area contributed by atoms with Crippen LogP contribution in [0.3, 0.4) is 0 Å². The summed E-state index contributed by atoms with van der Waals surface area (Å²) in [7, 11) is 0. The number of rotatable bonds is 9. The van der Waals surface area contributed by atoms with E-state index >= 15 is 0 Å². The Labute approximate surface area is 172 Å². The Morgan fingerprint density at radius 1 is 0.862 bits per heavy atom. The lowest BCUT2D eigenvalue weighted by Gasteiger charge is -2.21. The second-order valence-electron chi connectivity index (χ2n) is 7.25. The number of nitrogens with one attached hydrogen (secondary N) is 2. The number of nitrogens with zero attached hydrogens (tertiary/aromatic N) is 2. The summed E-state index contributed by atoms with van der Waals surface area (Å²) in [5.41, 5.74) is 5.65. The van der Waals surface area contributed by atoms with Gasteiger partial charge in [0.2, 0.25) is 5.91 Å². The fourth-order valence-electron chi connectivity index (χ4n) is 3.31. The van der Waals surface area contributed by atoms with Crippen molar-refractivity contribution in [1.82, 2.24) is 20.6 Å². The molecule has 2 N–H and O–H groups in total. The smallest absolute Gasteiger partial charge is 0.241 e. The van der Waals surface area contributed by atoms with Gasteiger partial charge in [0.1, 0.15) is 6.04 Å². The van der Waals surface area contributed by atoms with Crippen LogP contribution >= 0.6 is 0 Å². The highest BCUT2D eigenvalue weighted by atomic mass is 16.2. The van der Waals surface area contributed by atoms with Crippen LogP contribution in [0.25, 0.3) is 0 Å². The molecule has 1 amide bonds. The Kier molecular flexibility index (Phi) is 7.47. The summed E-state index contributed by atoms with van der Waals surface area (Å²) < 4.78 is 0. The lowest BCUT2D eigenvalue weighted by Crippen LogP contribution is -2.39. The molecular weight excluding hydrogens is 360 g/mol. The summed E-state index contributed by atoms with van der Waals surface area (Å²) in [6.45, 7) is 5.41. The van der Waals surface area contributed by atoms with Crippen molar-refractivity contribution in [2.24, 2.45) is 0 Å². The summed E-state index contributed by atoms with van der Waals surface area (Å²) >= 11 is 0. The average molecular weight is 389 g/mol. The van der Waals surface area contributed by atoms with Crippen molar-refractivity contribution in [2.45, 2.75) is 32.7 Å². The van der Waals surface area contributed by atoms with Crippen molar-refractivity contribution < 1.29 is 4.79 Å². The highest BCUT2D eigenvalue weighted by Gasteiger charge is 2.21. The van der Waals surface area contributed by atoms with Gasteiger partial charge in [-0.15, -0.1) is 0 Å². The van der Waals surface area contributed by atoms with E-state index in [-0.39, 0.29) is 11.9 Å². The van der Waals surface area contributed by atoms with Gasteiger partial charge < -0.3 is 10.6 Å². The number of amides is 1. The van der Waals surface area contributed by atoms with Crippen LogP contribution in [0.1, 0.15) is 33.9 Å². The van der Waals surface area contributed by atoms with Gasteiger partial charge in [0, 0.05) is 37.9 Å². The molecule has 0 aliphatic heterocycles. The van der Waals surface area contributed by atoms with E-state index in [1.807, 2.05) is 24.3 Å². The third kappa shape index (κ3) is 6.22. The zero-order valence-corrected chi connectivity index (χ0v) is 17.1. The molecule has 0 bridgehead atoms. The number of carbonyl (C=O) groups excluding carboxylic acids is 1. The molecule has 0 fully saturated rings. The second-order valence-corrected chi connectivity index (χ2v) is 7.25. The van der Waals surface area contributed by atoms with Crippen molar-refractivity contribution in [1.29, 1.82) is 0 Å². The number of hydrogen-bond acceptors (Lipinski definition) is 4. The fourth-order valence-corrected chi connectivity index (χ4v) is 3.31. The number of carbonyl (C=O) groups is 1. The molecule has 150 valence electrons. The van der Waals surface area contributed by atoms with Crippen LogP contribution < -0.4 is 10.6 Å². The van der Waals surface area contributed by atoms with Gasteiger partial charge >= 0.3 is 0 Å². The summed E-state index contributed by atoms with van der Waals surface area (Å²) in [4.78, 5) is 21.1. The molecule has 5 heteroatoms. The van der Waals surface area contributed by atoms with Crippen LogP contribution in [0.2, 0.25) is 0 Å². The minimum Gasteiger partial charge on any atom is -0.354 e. The van der Waals surface area contributed by atoms with Crippen LogP contribution in [-0.2, 0) is 17.6 Å². The van der Waals surface area contributed by atoms with Crippen molar-refractivity contribution in [3.05, 3.63) is 95.1 Å². The SMILES string of the molecule is Cc1ccc(C)c(C(NCCc2ccncc2)C(=O)NCCc2ccncc2)c1. The summed E-state index contributed by atoms with van der Waals surface area (Å²) in [6, 6.07) is 13.8. The summed E-state index contributed by atoms with van der Waals surface area (Å²) in [6.07, 6.45) is 8.76. The maximum atomic E-state index is 13.0. The second kappa shape index (κ2) is 10.5. The van der Waals surface area contributed by atoms with E-state index in [1.165, 1.54) is 5.56 Å². The molecule has 0 aliphatic carbocycles. The molecule has 0 saturated carbocycles. The monoisotopic (exact) mass is 388 g/mol. The molecule has 2 aromatic heterocycles. The summed E-state index contributed by atoms with van der Waals surface area (Å²) in [5, 5.41) is 6.55. The first kappa shape index (κ1) is 20.7. The topological polar surface area (TPSA) is 66.9 Å². The third-order valence-electron chi connectivity index (χ3n) is 4.98. The molecule has 0 aliphatic rings. The van der Waals surface area contributed by atoms with E-state index in [0.29, 0.717) is 13.1 Å². The van der Waals surface area contributed by atoms with Gasteiger partial charge in [0.05, 0.1) is 0 Å². The van der Waals surface area contributed by atoms with Crippen molar-refractivity contribution in [2.75, 3.05) is 13.1 Å². The van der Waals surface area contributed by atoms with Crippen molar-refractivity contribution in [3.8, 4) is 0 Å². The molecule has 29 heavy (non-hydrogen) atoms. The molecule has 0 saturated heterocycles. The lowest BCUT2D eigenvalue weighted by atomic mass is 9.98. The number of benzene rings is 1. The van der Waals surface area contributed by atoms with Gasteiger partial charge in [-0.3, -0.25) is 14.8 Å². The molecule has 1 atom stereocenters. The average Bonchev–Trinajstić information content (AvgIpc) is 2.75. The zero-order valence-electron chi connectivity index (χ0n) is 17.1. The van der Waals surface area contributed by atoms with E-state index in [2.05, 4.69) is 52.6 Å². The Balaban J connectivity index is 1.66. The number of pyridine rings is 2. The molecular formula is C24H28N4O. The maximum absolute atomic E-state index is 13.0. The molecule has 1 unspecified atom stereocenters. The van der Waals surface area contributed by atoms with Crippen LogP contribution in [0.5, 0.6) is 0 Å². The van der Waals surface area contributed by atoms with Crippen LogP contribution in [0.15, 0.2) is 67.3 Å². The first-order valence-corrected chi connectivity index (χ1v) is 9.99. The van der Waals surface area contributed by atoms with E-state index in [1.54, 1.807) is 24.8 Å². The third-order valence-corrected chi connectivity index (χ3v) is 4.98. The largest absolute Gasteiger partial charge is 0.354 e. The van der Waals surface area contributed by atoms with Crippen molar-refractivity contribution in [3.63, 3.8) is 0 Å². The normalized spacial score (nSPS) is 11.8. The van der Waals surface area contributed by atoms with Crippen LogP contribution in [0.4, 0.5) is 0 Å². The standard InChI is InChI=1S/C24H28N4O/c1-18-3-4-19(2)22(17-18)23(27-15-9-20-5-11-25-12-6-20)24(29)28-16-10-21-7-13-26-14-8-21/h3-8,11-14,17,23,27H,9-10,15-16H2,1-2H3,(H,28,29). The Hall–Kier alpha value is -3.05. The molecule has 0 radical (unpaired) electrons. The fraction of sp³-hybridized carbons (Fsp3) is 0.292. The van der Waals surface area contributed by atoms with E-state index in [4.69, 9.17) is 0 Å². The summed E-state index contributed by atoms with van der Waals surface area (Å²) in [5.74, 6) is 0.00230. The quantitative estimate of drug-likeness (QED) is 0.590. The van der Waals surface area contributed by atoms with Crippen LogP contribution in [-0.4, -0.2) is 29.0 Å². The molecule has 2 heterocycles. The lowest BCUT2D eigenvalue weighted by molar-refractivity contribution is -0.123. The van der Waals surface area contributed by atoms with Gasteiger partial charge in [-0.05, 0) is 73.2 Å². The van der Waals surface area contributed by atoms with Gasteiger partial charge in [-0.2, -0.15) is 0 Å². The predicted molar refractivity (Wildman–Crippen MR) is 116 cm³/mol. The zero-order chi connectivity index (χ0) is 20.5. The van der Waals surface area contributed by atoms with Gasteiger partial charge in [0.25, 0.3) is 0 Å². The molecule has 3 rings (SSSR count). The first-order chi connectivity index (χ1) is 14.1. The highest BCUT2D eigenvalue weighted by molar-refractivity contribution is 5.83. The number of aromatic nitrogens is 2. The number of aryl methyl sites for hydroxylation is 2. The highest BCUT2D eigenvalue weighted by Crippen LogP contribution is 2.20. The molecule has 5 nitrogen and oxygen atoms in total. The van der Waals surface area contributed by atoms with Gasteiger partial charge in [-0.1, -0.05) is 23.8 Å². The van der Waals surface area contributed by atoms with Gasteiger partial charge in [0.15, 0.2) is 0 Å². The predicted octanol–water partition coefficient (Wildman–Crippen LogP) is 3.33. The molecule has 0 spiro atoms. The Morgan fingerprint density at radius 2 is 1.45 bits per heavy atom. The van der Waals surface area contributed by atoms with E-state index < -0.39 is 0 Å². The maximum Gasteiger partial charge on any atom is 0.241 e. The molecule has 3 aromatic rings. The molecule has 1 aromatic carbocycles. The number of hydrogen-bond donors (Lipinski definition) is 2. The minimum absolute atomic E-state index is 0.00230.